The highest BCUT2D eigenvalue weighted by atomic mass is 16.4. The fourth-order valence-electron chi connectivity index (χ4n) is 3.45. The summed E-state index contributed by atoms with van der Waals surface area (Å²) in [6.45, 7) is 6.68. The van der Waals surface area contributed by atoms with Gasteiger partial charge < -0.3 is 9.73 Å². The number of fused-ring (bicyclic) bond motifs is 1. The lowest BCUT2D eigenvalue weighted by Crippen LogP contribution is -2.15. The van der Waals surface area contributed by atoms with Crippen LogP contribution in [0.2, 0.25) is 0 Å². The van der Waals surface area contributed by atoms with Crippen molar-refractivity contribution in [1.82, 2.24) is 14.8 Å². The zero-order valence-electron chi connectivity index (χ0n) is 17.2. The molecule has 0 saturated heterocycles. The van der Waals surface area contributed by atoms with Crippen molar-refractivity contribution in [3.05, 3.63) is 70.3 Å². The maximum atomic E-state index is 13.0. The fourth-order valence-corrected chi connectivity index (χ4v) is 3.45. The quantitative estimate of drug-likeness (QED) is 0.484. The second kappa shape index (κ2) is 8.02. The van der Waals surface area contributed by atoms with E-state index in [1.54, 1.807) is 12.1 Å². The number of hydrogen-bond acceptors (Lipinski definition) is 4. The van der Waals surface area contributed by atoms with Gasteiger partial charge in [0.15, 0.2) is 5.69 Å². The maximum absolute atomic E-state index is 13.0. The molecule has 0 aliphatic rings. The van der Waals surface area contributed by atoms with Crippen LogP contribution < -0.4 is 10.9 Å². The van der Waals surface area contributed by atoms with Crippen LogP contribution in [0.5, 0.6) is 0 Å². The molecule has 0 bridgehead atoms. The van der Waals surface area contributed by atoms with Gasteiger partial charge in [0.1, 0.15) is 5.76 Å². The van der Waals surface area contributed by atoms with Crippen molar-refractivity contribution in [2.45, 2.75) is 39.7 Å². The number of oxazole rings is 1. The Morgan fingerprint density at radius 1 is 1.20 bits per heavy atom. The van der Waals surface area contributed by atoms with Crippen LogP contribution in [0.25, 0.3) is 22.4 Å². The van der Waals surface area contributed by atoms with Gasteiger partial charge in [0.25, 0.3) is 11.5 Å². The Morgan fingerprint density at radius 2 is 1.97 bits per heavy atom. The summed E-state index contributed by atoms with van der Waals surface area (Å²) >= 11 is 0. The molecular weight excluding hydrogens is 380 g/mol. The standard InChI is InChI=1S/C23H24N4O3/c1-4-12-27-18-11-10-16(13-17(18)21(28)26-27)24-22(29)19-20(14(2)3)30-23(25-19)15-8-6-5-7-9-15/h5-11,13-14H,4,12H2,1-3H3,(H,24,29)(H,26,28). The van der Waals surface area contributed by atoms with E-state index in [4.69, 9.17) is 4.42 Å². The summed E-state index contributed by atoms with van der Waals surface area (Å²) in [6, 6.07) is 14.8. The molecular formula is C23H24N4O3. The third-order valence-electron chi connectivity index (χ3n) is 4.89. The first kappa shape index (κ1) is 19.7. The number of hydrogen-bond donors (Lipinski definition) is 2. The molecule has 0 fully saturated rings. The molecule has 4 aromatic rings. The summed E-state index contributed by atoms with van der Waals surface area (Å²) in [5, 5.41) is 6.23. The molecule has 1 amide bonds. The minimum atomic E-state index is -0.367. The topological polar surface area (TPSA) is 92.9 Å². The summed E-state index contributed by atoms with van der Waals surface area (Å²) in [5.74, 6) is 0.560. The Morgan fingerprint density at radius 3 is 2.67 bits per heavy atom. The summed E-state index contributed by atoms with van der Waals surface area (Å²) in [7, 11) is 0. The number of aromatic amines is 1. The van der Waals surface area contributed by atoms with Crippen molar-refractivity contribution < 1.29 is 9.21 Å². The number of benzene rings is 2. The average molecular weight is 404 g/mol. The highest BCUT2D eigenvalue weighted by Crippen LogP contribution is 2.28. The number of carbonyl (C=O) groups excluding carboxylic acids is 1. The van der Waals surface area contributed by atoms with Crippen LogP contribution in [-0.4, -0.2) is 20.7 Å². The van der Waals surface area contributed by atoms with E-state index in [-0.39, 0.29) is 23.1 Å². The zero-order chi connectivity index (χ0) is 21.3. The average Bonchev–Trinajstić information content (AvgIpc) is 3.32. The molecule has 0 unspecified atom stereocenters. The maximum Gasteiger partial charge on any atom is 0.277 e. The Kier molecular flexibility index (Phi) is 5.27. The Labute approximate surface area is 173 Å². The molecule has 2 heterocycles. The number of carbonyl (C=O) groups is 1. The number of rotatable bonds is 6. The van der Waals surface area contributed by atoms with Crippen LogP contribution in [-0.2, 0) is 6.54 Å². The SMILES string of the molecule is CCCn1[nH]c(=O)c2cc(NC(=O)c3nc(-c4ccccc4)oc3C(C)C)ccc21. The van der Waals surface area contributed by atoms with Crippen LogP contribution in [0, 0.1) is 0 Å². The lowest BCUT2D eigenvalue weighted by molar-refractivity contribution is 0.102. The number of H-pyrrole nitrogens is 1. The molecule has 0 aliphatic carbocycles. The van der Waals surface area contributed by atoms with Crippen LogP contribution >= 0.6 is 0 Å². The van der Waals surface area contributed by atoms with Crippen LogP contribution in [0.3, 0.4) is 0 Å². The Hall–Kier alpha value is -3.61. The van der Waals surface area contributed by atoms with Crippen molar-refractivity contribution in [3.8, 4) is 11.5 Å². The molecule has 154 valence electrons. The Balaban J connectivity index is 1.66. The molecule has 2 aromatic carbocycles. The smallest absolute Gasteiger partial charge is 0.277 e. The summed E-state index contributed by atoms with van der Waals surface area (Å²) in [4.78, 5) is 29.7. The van der Waals surface area contributed by atoms with Gasteiger partial charge in [-0.3, -0.25) is 19.4 Å². The number of aryl methyl sites for hydroxylation is 1. The predicted molar refractivity (Wildman–Crippen MR) is 117 cm³/mol. The fraction of sp³-hybridized carbons (Fsp3) is 0.261. The van der Waals surface area contributed by atoms with Gasteiger partial charge in [-0.25, -0.2) is 4.98 Å². The van der Waals surface area contributed by atoms with Crippen molar-refractivity contribution in [2.75, 3.05) is 5.32 Å². The lowest BCUT2D eigenvalue weighted by atomic mass is 10.1. The number of anilines is 1. The molecule has 2 aromatic heterocycles. The largest absolute Gasteiger partial charge is 0.440 e. The van der Waals surface area contributed by atoms with Gasteiger partial charge in [0.05, 0.1) is 10.9 Å². The highest BCUT2D eigenvalue weighted by molar-refractivity contribution is 6.04. The molecule has 2 N–H and O–H groups in total. The normalized spacial score (nSPS) is 11.3. The van der Waals surface area contributed by atoms with Crippen molar-refractivity contribution in [2.24, 2.45) is 0 Å². The molecule has 0 spiro atoms. The molecule has 7 nitrogen and oxygen atoms in total. The van der Waals surface area contributed by atoms with Crippen LogP contribution in [0.1, 0.15) is 49.4 Å². The van der Waals surface area contributed by atoms with E-state index in [0.29, 0.717) is 22.7 Å². The van der Waals surface area contributed by atoms with E-state index >= 15 is 0 Å². The van der Waals surface area contributed by atoms with Gasteiger partial charge in [-0.15, -0.1) is 0 Å². The number of nitrogens with zero attached hydrogens (tertiary/aromatic N) is 2. The van der Waals surface area contributed by atoms with Crippen molar-refractivity contribution in [3.63, 3.8) is 0 Å². The minimum Gasteiger partial charge on any atom is -0.440 e. The number of nitrogens with one attached hydrogen (secondary N) is 2. The van der Waals surface area contributed by atoms with Crippen LogP contribution in [0.4, 0.5) is 5.69 Å². The molecule has 0 saturated carbocycles. The van der Waals surface area contributed by atoms with E-state index in [9.17, 15) is 9.59 Å². The molecule has 0 radical (unpaired) electrons. The molecule has 4 rings (SSSR count). The van der Waals surface area contributed by atoms with E-state index in [1.165, 1.54) is 0 Å². The first-order chi connectivity index (χ1) is 14.5. The highest BCUT2D eigenvalue weighted by Gasteiger charge is 2.23. The van der Waals surface area contributed by atoms with Crippen molar-refractivity contribution >= 4 is 22.5 Å². The monoisotopic (exact) mass is 404 g/mol. The van der Waals surface area contributed by atoms with Gasteiger partial charge >= 0.3 is 0 Å². The van der Waals surface area contributed by atoms with E-state index in [1.807, 2.05) is 61.9 Å². The summed E-state index contributed by atoms with van der Waals surface area (Å²) < 4.78 is 7.73. The predicted octanol–water partition coefficient (Wildman–Crippen LogP) is 4.77. The number of aromatic nitrogens is 3. The van der Waals surface area contributed by atoms with E-state index < -0.39 is 0 Å². The van der Waals surface area contributed by atoms with Gasteiger partial charge in [-0.1, -0.05) is 39.0 Å². The van der Waals surface area contributed by atoms with Crippen LogP contribution in [0.15, 0.2) is 57.7 Å². The molecule has 0 aliphatic heterocycles. The van der Waals surface area contributed by atoms with Gasteiger partial charge in [0.2, 0.25) is 5.89 Å². The second-order valence-corrected chi connectivity index (χ2v) is 7.53. The third-order valence-corrected chi connectivity index (χ3v) is 4.89. The van der Waals surface area contributed by atoms with Crippen molar-refractivity contribution in [1.29, 1.82) is 0 Å². The van der Waals surface area contributed by atoms with E-state index in [0.717, 1.165) is 24.0 Å². The van der Waals surface area contributed by atoms with Gasteiger partial charge in [0, 0.05) is 23.7 Å². The first-order valence-electron chi connectivity index (χ1n) is 10.1. The Bertz CT molecular complexity index is 1250. The molecule has 7 heteroatoms. The minimum absolute atomic E-state index is 0.0101. The van der Waals surface area contributed by atoms with Gasteiger partial charge in [-0.2, -0.15) is 0 Å². The third kappa shape index (κ3) is 3.66. The summed E-state index contributed by atoms with van der Waals surface area (Å²) in [6.07, 6.45) is 0.909. The van der Waals surface area contributed by atoms with E-state index in [2.05, 4.69) is 15.4 Å². The molecule has 0 atom stereocenters. The molecule has 30 heavy (non-hydrogen) atoms. The zero-order valence-corrected chi connectivity index (χ0v) is 17.2. The number of amides is 1. The summed E-state index contributed by atoms with van der Waals surface area (Å²) in [5.41, 5.74) is 2.23. The first-order valence-corrected chi connectivity index (χ1v) is 10.1. The van der Waals surface area contributed by atoms with Gasteiger partial charge in [-0.05, 0) is 36.8 Å². The lowest BCUT2D eigenvalue weighted by Gasteiger charge is -2.07. The second-order valence-electron chi connectivity index (χ2n) is 7.53.